The molecule has 0 radical (unpaired) electrons. The van der Waals surface area contributed by atoms with Crippen LogP contribution >= 0.6 is 0 Å². The number of hydrogen-bond acceptors (Lipinski definition) is 11. The summed E-state index contributed by atoms with van der Waals surface area (Å²) in [6.45, 7) is 8.09. The Morgan fingerprint density at radius 3 is 2.27 bits per heavy atom. The van der Waals surface area contributed by atoms with Crippen LogP contribution in [0, 0.1) is 0 Å². The molecule has 2 N–H and O–H groups in total. The van der Waals surface area contributed by atoms with E-state index in [-0.39, 0.29) is 29.2 Å². The molecular formula is C26H36F2N10O3. The molecule has 222 valence electrons. The second-order valence-corrected chi connectivity index (χ2v) is 10.1. The lowest BCUT2D eigenvalue weighted by Gasteiger charge is -2.35. The average molecular weight is 575 g/mol. The van der Waals surface area contributed by atoms with Crippen molar-refractivity contribution < 1.29 is 23.1 Å². The lowest BCUT2D eigenvalue weighted by atomic mass is 10.2. The summed E-state index contributed by atoms with van der Waals surface area (Å²) in [5.41, 5.74) is 5.92. The van der Waals surface area contributed by atoms with E-state index in [2.05, 4.69) is 24.9 Å². The second kappa shape index (κ2) is 13.6. The van der Waals surface area contributed by atoms with E-state index in [1.54, 1.807) is 22.9 Å². The Bertz CT molecular complexity index is 1260. The molecule has 2 aliphatic heterocycles. The lowest BCUT2D eigenvalue weighted by Crippen LogP contribution is -2.49. The molecule has 4 heterocycles. The highest BCUT2D eigenvalue weighted by Gasteiger charge is 2.27. The van der Waals surface area contributed by atoms with Crippen molar-refractivity contribution in [1.82, 2.24) is 34.7 Å². The fraction of sp³-hybridized carbons (Fsp3) is 0.577. The first-order valence-corrected chi connectivity index (χ1v) is 13.5. The number of ether oxygens (including phenoxy) is 1. The van der Waals surface area contributed by atoms with Gasteiger partial charge in [-0.05, 0) is 20.3 Å². The number of aromatic nitrogens is 5. The third kappa shape index (κ3) is 7.80. The van der Waals surface area contributed by atoms with Crippen molar-refractivity contribution in [2.45, 2.75) is 33.1 Å². The lowest BCUT2D eigenvalue weighted by molar-refractivity contribution is -0.132. The van der Waals surface area contributed by atoms with Crippen LogP contribution in [0.25, 0.3) is 11.4 Å². The molecule has 4 rings (SSSR count). The Kier molecular flexibility index (Phi) is 9.91. The molecule has 0 aromatic carbocycles. The molecular weight excluding hydrogens is 538 g/mol. The highest BCUT2D eigenvalue weighted by molar-refractivity contribution is 5.88. The van der Waals surface area contributed by atoms with E-state index in [0.29, 0.717) is 83.8 Å². The maximum absolute atomic E-state index is 13.8. The maximum atomic E-state index is 13.8. The summed E-state index contributed by atoms with van der Waals surface area (Å²) < 4.78 is 33.1. The molecule has 2 amide bonds. The third-order valence-electron chi connectivity index (χ3n) is 6.78. The topological polar surface area (TPSA) is 147 Å². The quantitative estimate of drug-likeness (QED) is 0.435. The number of halogens is 2. The number of carbonyl (C=O) groups excluding carboxylic acids is 2. The molecule has 15 heteroatoms. The Labute approximate surface area is 237 Å². The highest BCUT2D eigenvalue weighted by Crippen LogP contribution is 2.30. The summed E-state index contributed by atoms with van der Waals surface area (Å²) >= 11 is 0. The molecule has 0 spiro atoms. The van der Waals surface area contributed by atoms with Crippen LogP contribution in [0.3, 0.4) is 0 Å². The normalized spacial score (nSPS) is 15.7. The number of allylic oxidation sites excluding steroid dienone is 1. The standard InChI is InChI=1S/C26H36F2N10O3/c1-17(2)15-20(40)35(3)6-4-5-19(39)36-7-9-37(10-8-36)25-32-23(18-16-30-24(29)31-21(18)22(27)28)33-26(34-25)38-11-13-41-14-12-38/h15-16,22H,4-14H2,1-3H3,(H2,29,30,31). The fourth-order valence-corrected chi connectivity index (χ4v) is 4.52. The monoisotopic (exact) mass is 574 g/mol. The number of hydrogen-bond donors (Lipinski definition) is 1. The van der Waals surface area contributed by atoms with E-state index in [1.807, 2.05) is 23.6 Å². The number of nitrogen functional groups attached to an aromatic ring is 1. The molecule has 0 saturated carbocycles. The van der Waals surface area contributed by atoms with Gasteiger partial charge in [0.05, 0.1) is 18.8 Å². The molecule has 2 saturated heterocycles. The first-order chi connectivity index (χ1) is 19.6. The van der Waals surface area contributed by atoms with E-state index >= 15 is 0 Å². The second-order valence-electron chi connectivity index (χ2n) is 10.1. The Morgan fingerprint density at radius 1 is 1.02 bits per heavy atom. The van der Waals surface area contributed by atoms with Crippen LogP contribution in [0.1, 0.15) is 38.8 Å². The number of alkyl halides is 2. The third-order valence-corrected chi connectivity index (χ3v) is 6.78. The number of nitrogens with zero attached hydrogens (tertiary/aromatic N) is 9. The molecule has 2 aromatic rings. The van der Waals surface area contributed by atoms with Gasteiger partial charge < -0.3 is 30.1 Å². The van der Waals surface area contributed by atoms with E-state index in [0.717, 1.165) is 5.57 Å². The van der Waals surface area contributed by atoms with Gasteiger partial charge in [0.1, 0.15) is 5.69 Å². The van der Waals surface area contributed by atoms with Crippen molar-refractivity contribution in [2.75, 3.05) is 81.6 Å². The molecule has 0 aliphatic carbocycles. The van der Waals surface area contributed by atoms with Crippen molar-refractivity contribution in [2.24, 2.45) is 0 Å². The zero-order valence-corrected chi connectivity index (χ0v) is 23.6. The minimum atomic E-state index is -2.90. The fourth-order valence-electron chi connectivity index (χ4n) is 4.52. The zero-order chi connectivity index (χ0) is 29.5. The van der Waals surface area contributed by atoms with Crippen LogP contribution in [0.5, 0.6) is 0 Å². The van der Waals surface area contributed by atoms with Crippen molar-refractivity contribution in [3.63, 3.8) is 0 Å². The summed E-state index contributed by atoms with van der Waals surface area (Å²) in [7, 11) is 1.72. The number of amides is 2. The zero-order valence-electron chi connectivity index (χ0n) is 23.6. The summed E-state index contributed by atoms with van der Waals surface area (Å²) in [5.74, 6) is 0.357. The van der Waals surface area contributed by atoms with Crippen molar-refractivity contribution in [3.05, 3.63) is 23.5 Å². The number of anilines is 3. The number of piperazine rings is 1. The van der Waals surface area contributed by atoms with Gasteiger partial charge in [-0.25, -0.2) is 18.7 Å². The van der Waals surface area contributed by atoms with E-state index in [9.17, 15) is 18.4 Å². The van der Waals surface area contributed by atoms with Crippen LogP contribution in [-0.2, 0) is 14.3 Å². The molecule has 13 nitrogen and oxygen atoms in total. The summed E-state index contributed by atoms with van der Waals surface area (Å²) in [6, 6.07) is 0. The average Bonchev–Trinajstić information content (AvgIpc) is 2.97. The van der Waals surface area contributed by atoms with Crippen molar-refractivity contribution >= 4 is 29.7 Å². The van der Waals surface area contributed by atoms with Gasteiger partial charge in [-0.2, -0.15) is 15.0 Å². The van der Waals surface area contributed by atoms with Crippen LogP contribution in [0.2, 0.25) is 0 Å². The van der Waals surface area contributed by atoms with Gasteiger partial charge in [-0.3, -0.25) is 9.59 Å². The van der Waals surface area contributed by atoms with Gasteiger partial charge in [0.15, 0.2) is 5.82 Å². The Balaban J connectivity index is 1.46. The van der Waals surface area contributed by atoms with Crippen molar-refractivity contribution in [1.29, 1.82) is 0 Å². The van der Waals surface area contributed by atoms with E-state index < -0.39 is 12.1 Å². The SMILES string of the molecule is CC(C)=CC(=O)N(C)CCCC(=O)N1CCN(c2nc(-c3cnc(N)nc3C(F)F)nc(N3CCOCC3)n2)CC1. The summed E-state index contributed by atoms with van der Waals surface area (Å²) in [4.78, 5) is 53.4. The Hall–Kier alpha value is -4.01. The molecule has 2 aromatic heterocycles. The smallest absolute Gasteiger partial charge is 0.281 e. The Morgan fingerprint density at radius 2 is 1.66 bits per heavy atom. The van der Waals surface area contributed by atoms with Crippen LogP contribution in [0.15, 0.2) is 17.8 Å². The van der Waals surface area contributed by atoms with Gasteiger partial charge in [0, 0.05) is 71.6 Å². The molecule has 0 bridgehead atoms. The first kappa shape index (κ1) is 30.0. The largest absolute Gasteiger partial charge is 0.378 e. The van der Waals surface area contributed by atoms with Gasteiger partial charge in [0.25, 0.3) is 6.43 Å². The molecule has 2 aliphatic rings. The molecule has 2 fully saturated rings. The number of morpholine rings is 1. The number of nitrogens with two attached hydrogens (primary N) is 1. The minimum absolute atomic E-state index is 0.0126. The maximum Gasteiger partial charge on any atom is 0.281 e. The van der Waals surface area contributed by atoms with Gasteiger partial charge in [0.2, 0.25) is 29.7 Å². The number of rotatable bonds is 9. The number of likely N-dealkylation sites (N-methyl/N-ethyl adjacent to an activating group) is 1. The van der Waals surface area contributed by atoms with Crippen LogP contribution in [0.4, 0.5) is 26.6 Å². The van der Waals surface area contributed by atoms with Crippen LogP contribution < -0.4 is 15.5 Å². The van der Waals surface area contributed by atoms with Gasteiger partial charge >= 0.3 is 0 Å². The summed E-state index contributed by atoms with van der Waals surface area (Å²) in [5, 5.41) is 0. The first-order valence-electron chi connectivity index (χ1n) is 13.5. The van der Waals surface area contributed by atoms with Crippen LogP contribution in [-0.4, -0.2) is 113 Å². The molecule has 0 unspecified atom stereocenters. The van der Waals surface area contributed by atoms with E-state index in [1.165, 1.54) is 6.20 Å². The van der Waals surface area contributed by atoms with E-state index in [4.69, 9.17) is 10.5 Å². The summed E-state index contributed by atoms with van der Waals surface area (Å²) in [6.07, 6.45) is 0.771. The number of carbonyl (C=O) groups is 2. The van der Waals surface area contributed by atoms with Crippen molar-refractivity contribution in [3.8, 4) is 11.4 Å². The predicted molar refractivity (Wildman–Crippen MR) is 148 cm³/mol. The molecule has 0 atom stereocenters. The predicted octanol–water partition coefficient (Wildman–Crippen LogP) is 1.54. The molecule has 41 heavy (non-hydrogen) atoms. The highest BCUT2D eigenvalue weighted by atomic mass is 19.3. The van der Waals surface area contributed by atoms with Gasteiger partial charge in [-0.15, -0.1) is 0 Å². The minimum Gasteiger partial charge on any atom is -0.378 e. The van der Waals surface area contributed by atoms with Gasteiger partial charge in [-0.1, -0.05) is 5.57 Å².